The van der Waals surface area contributed by atoms with Gasteiger partial charge in [0.2, 0.25) is 0 Å². The highest BCUT2D eigenvalue weighted by Crippen LogP contribution is 2.19. The molecule has 4 nitrogen and oxygen atoms in total. The highest BCUT2D eigenvalue weighted by atomic mass is 16.6. The predicted molar refractivity (Wildman–Crippen MR) is 80.8 cm³/mol. The molecule has 0 saturated carbocycles. The Hall–Kier alpha value is -2.33. The number of amides is 1. The van der Waals surface area contributed by atoms with Crippen molar-refractivity contribution in [3.05, 3.63) is 59.7 Å². The molecule has 1 heterocycles. The minimum absolute atomic E-state index is 0.104. The summed E-state index contributed by atoms with van der Waals surface area (Å²) in [6, 6.07) is 14.9. The molecular weight excluding hydrogens is 266 g/mol. The molecule has 2 aromatic rings. The summed E-state index contributed by atoms with van der Waals surface area (Å²) in [7, 11) is 0. The Morgan fingerprint density at radius 1 is 1.24 bits per heavy atom. The second-order valence-corrected chi connectivity index (χ2v) is 5.06. The van der Waals surface area contributed by atoms with E-state index in [0.717, 1.165) is 23.6 Å². The van der Waals surface area contributed by atoms with E-state index in [-0.39, 0.29) is 12.0 Å². The maximum Gasteiger partial charge on any atom is 0.255 e. The molecule has 0 radical (unpaired) electrons. The van der Waals surface area contributed by atoms with Crippen molar-refractivity contribution in [3.63, 3.8) is 0 Å². The summed E-state index contributed by atoms with van der Waals surface area (Å²) in [5.74, 6) is 0.674. The maximum absolute atomic E-state index is 12.2. The molecule has 1 amide bonds. The first-order chi connectivity index (χ1) is 10.2. The number of aryl methyl sites for hydroxylation is 1. The van der Waals surface area contributed by atoms with Crippen molar-refractivity contribution >= 4 is 11.6 Å². The highest BCUT2D eigenvalue weighted by Gasteiger charge is 2.22. The fourth-order valence-corrected chi connectivity index (χ4v) is 2.01. The second kappa shape index (κ2) is 5.97. The Kier molecular flexibility index (Phi) is 3.88. The van der Waals surface area contributed by atoms with Crippen LogP contribution in [0.1, 0.15) is 15.9 Å². The van der Waals surface area contributed by atoms with Gasteiger partial charge in [0, 0.05) is 11.3 Å². The number of hydrogen-bond donors (Lipinski definition) is 1. The monoisotopic (exact) mass is 283 g/mol. The van der Waals surface area contributed by atoms with Crippen molar-refractivity contribution in [1.29, 1.82) is 0 Å². The average Bonchev–Trinajstić information content (AvgIpc) is 3.31. The van der Waals surface area contributed by atoms with Crippen LogP contribution >= 0.6 is 0 Å². The van der Waals surface area contributed by atoms with E-state index >= 15 is 0 Å². The van der Waals surface area contributed by atoms with Gasteiger partial charge in [-0.05, 0) is 42.8 Å². The van der Waals surface area contributed by atoms with Crippen molar-refractivity contribution in [3.8, 4) is 5.75 Å². The predicted octanol–water partition coefficient (Wildman–Crippen LogP) is 3.02. The van der Waals surface area contributed by atoms with Crippen LogP contribution in [0.2, 0.25) is 0 Å². The van der Waals surface area contributed by atoms with E-state index in [0.29, 0.717) is 12.2 Å². The van der Waals surface area contributed by atoms with E-state index in [2.05, 4.69) is 5.32 Å². The lowest BCUT2D eigenvalue weighted by molar-refractivity contribution is 0.102. The summed E-state index contributed by atoms with van der Waals surface area (Å²) < 4.78 is 10.6. The van der Waals surface area contributed by atoms with Gasteiger partial charge in [0.05, 0.1) is 6.61 Å². The van der Waals surface area contributed by atoms with E-state index in [9.17, 15) is 4.79 Å². The van der Waals surface area contributed by atoms with Gasteiger partial charge in [0.15, 0.2) is 0 Å². The van der Waals surface area contributed by atoms with E-state index in [1.165, 1.54) is 0 Å². The molecule has 1 aliphatic heterocycles. The first kappa shape index (κ1) is 13.6. The summed E-state index contributed by atoms with van der Waals surface area (Å²) in [6.07, 6.45) is 0.241. The molecule has 0 bridgehead atoms. The molecule has 2 aromatic carbocycles. The highest BCUT2D eigenvalue weighted by molar-refractivity contribution is 6.05. The number of benzene rings is 2. The lowest BCUT2D eigenvalue weighted by atomic mass is 10.1. The first-order valence-corrected chi connectivity index (χ1v) is 6.94. The van der Waals surface area contributed by atoms with Crippen LogP contribution in [0.25, 0.3) is 0 Å². The van der Waals surface area contributed by atoms with Crippen LogP contribution in [0.3, 0.4) is 0 Å². The van der Waals surface area contributed by atoms with Crippen LogP contribution in [0.15, 0.2) is 48.5 Å². The van der Waals surface area contributed by atoms with Gasteiger partial charge in [-0.25, -0.2) is 0 Å². The van der Waals surface area contributed by atoms with Gasteiger partial charge < -0.3 is 14.8 Å². The van der Waals surface area contributed by atoms with Crippen LogP contribution in [-0.2, 0) is 4.74 Å². The van der Waals surface area contributed by atoms with Crippen LogP contribution < -0.4 is 10.1 Å². The Bertz CT molecular complexity index is 633. The number of nitrogens with one attached hydrogen (secondary N) is 1. The zero-order valence-electron chi connectivity index (χ0n) is 11.8. The Morgan fingerprint density at radius 3 is 2.62 bits per heavy atom. The lowest BCUT2D eigenvalue weighted by Gasteiger charge is -2.09. The van der Waals surface area contributed by atoms with E-state index in [4.69, 9.17) is 9.47 Å². The molecule has 4 heteroatoms. The van der Waals surface area contributed by atoms with Crippen molar-refractivity contribution in [1.82, 2.24) is 0 Å². The Morgan fingerprint density at radius 2 is 1.95 bits per heavy atom. The normalized spacial score (nSPS) is 16.3. The van der Waals surface area contributed by atoms with E-state index < -0.39 is 0 Å². The molecule has 1 atom stereocenters. The smallest absolute Gasteiger partial charge is 0.255 e. The van der Waals surface area contributed by atoms with Gasteiger partial charge >= 0.3 is 0 Å². The van der Waals surface area contributed by atoms with Crippen LogP contribution in [0, 0.1) is 6.92 Å². The Labute approximate surface area is 123 Å². The number of rotatable bonds is 5. The number of carbonyl (C=O) groups is 1. The quantitative estimate of drug-likeness (QED) is 0.858. The molecule has 0 aliphatic carbocycles. The van der Waals surface area contributed by atoms with Gasteiger partial charge in [-0.15, -0.1) is 0 Å². The standard InChI is InChI=1S/C17H17NO3/c1-12-4-2-3-5-16(12)17(19)18-13-6-8-14(9-7-13)20-10-15-11-21-15/h2-9,15H,10-11H2,1H3,(H,18,19). The SMILES string of the molecule is Cc1ccccc1C(=O)Nc1ccc(OCC2CO2)cc1. The summed E-state index contributed by atoms with van der Waals surface area (Å²) in [5.41, 5.74) is 2.39. The van der Waals surface area contributed by atoms with Gasteiger partial charge in [-0.3, -0.25) is 4.79 Å². The summed E-state index contributed by atoms with van der Waals surface area (Å²) >= 11 is 0. The van der Waals surface area contributed by atoms with E-state index in [1.807, 2.05) is 55.5 Å². The molecule has 108 valence electrons. The Balaban J connectivity index is 1.61. The fourth-order valence-electron chi connectivity index (χ4n) is 2.01. The number of anilines is 1. The molecular formula is C17H17NO3. The fraction of sp³-hybridized carbons (Fsp3) is 0.235. The largest absolute Gasteiger partial charge is 0.491 e. The lowest BCUT2D eigenvalue weighted by Crippen LogP contribution is -2.13. The van der Waals surface area contributed by atoms with E-state index in [1.54, 1.807) is 0 Å². The molecule has 1 N–H and O–H groups in total. The minimum Gasteiger partial charge on any atom is -0.491 e. The van der Waals surface area contributed by atoms with Crippen LogP contribution in [0.4, 0.5) is 5.69 Å². The molecule has 1 unspecified atom stereocenters. The average molecular weight is 283 g/mol. The molecule has 0 aromatic heterocycles. The van der Waals surface area contributed by atoms with Gasteiger partial charge in [-0.1, -0.05) is 18.2 Å². The third-order valence-corrected chi connectivity index (χ3v) is 3.34. The van der Waals surface area contributed by atoms with Gasteiger partial charge in [0.1, 0.15) is 18.5 Å². The summed E-state index contributed by atoms with van der Waals surface area (Å²) in [4.78, 5) is 12.2. The molecule has 3 rings (SSSR count). The maximum atomic E-state index is 12.2. The molecule has 0 spiro atoms. The van der Waals surface area contributed by atoms with Crippen LogP contribution in [0.5, 0.6) is 5.75 Å². The first-order valence-electron chi connectivity index (χ1n) is 6.94. The number of hydrogen-bond acceptors (Lipinski definition) is 3. The van der Waals surface area contributed by atoms with Gasteiger partial charge in [-0.2, -0.15) is 0 Å². The summed E-state index contributed by atoms with van der Waals surface area (Å²) in [6.45, 7) is 3.28. The number of ether oxygens (including phenoxy) is 2. The second-order valence-electron chi connectivity index (χ2n) is 5.06. The summed E-state index contributed by atoms with van der Waals surface area (Å²) in [5, 5.41) is 2.88. The molecule has 1 aliphatic rings. The topological polar surface area (TPSA) is 50.9 Å². The van der Waals surface area contributed by atoms with Crippen molar-refractivity contribution in [2.45, 2.75) is 13.0 Å². The molecule has 1 fully saturated rings. The third-order valence-electron chi connectivity index (χ3n) is 3.34. The van der Waals surface area contributed by atoms with Crippen molar-refractivity contribution < 1.29 is 14.3 Å². The number of carbonyl (C=O) groups excluding carboxylic acids is 1. The molecule has 21 heavy (non-hydrogen) atoms. The van der Waals surface area contributed by atoms with Crippen LogP contribution in [-0.4, -0.2) is 25.2 Å². The van der Waals surface area contributed by atoms with Crippen molar-refractivity contribution in [2.24, 2.45) is 0 Å². The zero-order valence-corrected chi connectivity index (χ0v) is 11.8. The molecule has 1 saturated heterocycles. The minimum atomic E-state index is -0.104. The van der Waals surface area contributed by atoms with Gasteiger partial charge in [0.25, 0.3) is 5.91 Å². The van der Waals surface area contributed by atoms with Crippen molar-refractivity contribution in [2.75, 3.05) is 18.5 Å². The zero-order chi connectivity index (χ0) is 14.7. The third kappa shape index (κ3) is 3.61. The number of epoxide rings is 1.